The van der Waals surface area contributed by atoms with Gasteiger partial charge in [-0.25, -0.2) is 0 Å². The molecule has 0 saturated heterocycles. The van der Waals surface area contributed by atoms with Gasteiger partial charge in [0.2, 0.25) is 24.7 Å². The van der Waals surface area contributed by atoms with Crippen LogP contribution in [0.25, 0.3) is 11.1 Å². The van der Waals surface area contributed by atoms with Crippen molar-refractivity contribution >= 4 is 22.9 Å². The Morgan fingerprint density at radius 2 is 0.842 bits per heavy atom. The van der Waals surface area contributed by atoms with Crippen LogP contribution in [0.5, 0.6) is 0 Å². The molecule has 0 N–H and O–H groups in total. The normalized spacial score (nSPS) is 10.0. The highest BCUT2D eigenvalue weighted by Crippen LogP contribution is 2.17. The summed E-state index contributed by atoms with van der Waals surface area (Å²) in [4.78, 5) is 45.4. The van der Waals surface area contributed by atoms with Crippen molar-refractivity contribution in [1.29, 1.82) is 0 Å². The number of hydrogen-bond donors (Lipinski definition) is 0. The van der Waals surface area contributed by atoms with Gasteiger partial charge in [0.25, 0.3) is 11.4 Å². The van der Waals surface area contributed by atoms with E-state index in [2.05, 4.69) is 0 Å². The third-order valence-corrected chi connectivity index (χ3v) is 5.57. The lowest BCUT2D eigenvalue weighted by Crippen LogP contribution is -3.00. The zero-order chi connectivity index (χ0) is 25.7. The second-order valence-electron chi connectivity index (χ2n) is 7.97. The molecule has 4 rings (SSSR count). The van der Waals surface area contributed by atoms with Crippen LogP contribution >= 0.6 is 0 Å². The maximum absolute atomic E-state index is 12.5. The number of Topliss-reactive ketones (excluding diaryl/α,β-unsaturated/α-hetero) is 2. The lowest BCUT2D eigenvalue weighted by Gasteiger charge is -2.02. The van der Waals surface area contributed by atoms with Crippen molar-refractivity contribution in [1.82, 2.24) is 0 Å². The van der Waals surface area contributed by atoms with Crippen molar-refractivity contribution in [2.24, 2.45) is 0 Å². The van der Waals surface area contributed by atoms with Crippen LogP contribution in [0, 0.1) is 20.2 Å². The van der Waals surface area contributed by atoms with Gasteiger partial charge in [-0.05, 0) is 35.4 Å². The fourth-order valence-electron chi connectivity index (χ4n) is 3.56. The summed E-state index contributed by atoms with van der Waals surface area (Å²) >= 11 is 0. The topological polar surface area (TPSA) is 128 Å². The molecule has 4 aromatic rings. The van der Waals surface area contributed by atoms with E-state index in [9.17, 15) is 29.8 Å². The number of nitro benzene ring substituents is 2. The monoisotopic (exact) mass is 642 g/mol. The molecule has 0 radical (unpaired) electrons. The molecule has 194 valence electrons. The van der Waals surface area contributed by atoms with Crippen LogP contribution in [0.4, 0.5) is 11.4 Å². The number of nitrogens with zero attached hydrogens (tertiary/aromatic N) is 4. The number of nitro groups is 2. The Morgan fingerprint density at radius 3 is 1.11 bits per heavy atom. The van der Waals surface area contributed by atoms with Gasteiger partial charge in [0.15, 0.2) is 24.8 Å². The fourth-order valence-corrected chi connectivity index (χ4v) is 3.56. The SMILES string of the molecule is O=C(C[n+]1ccc(-c2cc[n+](CC(=O)c3ccc([N+](=O)[O-])cc3)cc2)cc1)c1ccc([N+](=O)[O-])cc1.[Br-].[Br-]. The molecule has 0 aliphatic heterocycles. The minimum Gasteiger partial charge on any atom is -1.00 e. The number of benzene rings is 2. The summed E-state index contributed by atoms with van der Waals surface area (Å²) in [5.41, 5.74) is 2.50. The molecule has 38 heavy (non-hydrogen) atoms. The molecule has 0 fully saturated rings. The Labute approximate surface area is 238 Å². The Morgan fingerprint density at radius 1 is 0.553 bits per heavy atom. The standard InChI is InChI=1S/C26H20N4O6.2BrH/c31-25(21-1-5-23(6-2-21)29(33)34)17-27-13-9-19(10-14-27)20-11-15-28(16-12-20)18-26(32)22-3-7-24(8-4-22)30(35)36;;/h1-16H,17-18H2;2*1H/q+2;;/p-2. The predicted octanol–water partition coefficient (Wildman–Crippen LogP) is -2.48. The first-order valence-electron chi connectivity index (χ1n) is 10.8. The first kappa shape index (κ1) is 30.1. The number of rotatable bonds is 9. The minimum atomic E-state index is -0.510. The first-order chi connectivity index (χ1) is 17.3. The summed E-state index contributed by atoms with van der Waals surface area (Å²) in [5, 5.41) is 21.5. The van der Waals surface area contributed by atoms with Gasteiger partial charge in [-0.1, -0.05) is 0 Å². The summed E-state index contributed by atoms with van der Waals surface area (Å²) in [6.07, 6.45) is 7.10. The average Bonchev–Trinajstić information content (AvgIpc) is 2.89. The third-order valence-electron chi connectivity index (χ3n) is 5.57. The second kappa shape index (κ2) is 13.4. The van der Waals surface area contributed by atoms with E-state index in [0.717, 1.165) is 11.1 Å². The fraction of sp³-hybridized carbons (Fsp3) is 0.0769. The minimum absolute atomic E-state index is 0. The van der Waals surface area contributed by atoms with Crippen molar-refractivity contribution in [2.75, 3.05) is 0 Å². The molecule has 0 atom stereocenters. The molecule has 0 spiro atoms. The molecule has 0 unspecified atom stereocenters. The van der Waals surface area contributed by atoms with E-state index in [-0.39, 0.29) is 70.0 Å². The van der Waals surface area contributed by atoms with Crippen LogP contribution in [-0.4, -0.2) is 21.4 Å². The van der Waals surface area contributed by atoms with Crippen LogP contribution in [0.3, 0.4) is 0 Å². The zero-order valence-corrected chi connectivity index (χ0v) is 22.8. The summed E-state index contributed by atoms with van der Waals surface area (Å²) in [5.74, 6) is -0.331. The predicted molar refractivity (Wildman–Crippen MR) is 127 cm³/mol. The van der Waals surface area contributed by atoms with Gasteiger partial charge in [0.1, 0.15) is 0 Å². The molecule has 0 amide bonds. The van der Waals surface area contributed by atoms with Crippen LogP contribution in [0.15, 0.2) is 97.6 Å². The van der Waals surface area contributed by atoms with Crippen molar-refractivity contribution in [3.8, 4) is 11.1 Å². The Kier molecular flexibility index (Phi) is 10.6. The molecular formula is C26H20Br2N4O6. The first-order valence-corrected chi connectivity index (χ1v) is 10.8. The van der Waals surface area contributed by atoms with Gasteiger partial charge in [-0.15, -0.1) is 0 Å². The number of carbonyl (C=O) groups excluding carboxylic acids is 2. The molecule has 0 aliphatic rings. The van der Waals surface area contributed by atoms with E-state index in [1.54, 1.807) is 33.9 Å². The van der Waals surface area contributed by atoms with Gasteiger partial charge in [0, 0.05) is 59.7 Å². The molecule has 2 aromatic heterocycles. The summed E-state index contributed by atoms with van der Waals surface area (Å²) in [6, 6.07) is 18.5. The van der Waals surface area contributed by atoms with E-state index in [1.807, 2.05) is 24.3 Å². The number of halogens is 2. The molecular weight excluding hydrogens is 624 g/mol. The smallest absolute Gasteiger partial charge is 0.269 e. The zero-order valence-electron chi connectivity index (χ0n) is 19.6. The van der Waals surface area contributed by atoms with Crippen LogP contribution < -0.4 is 43.1 Å². The number of carbonyl (C=O) groups is 2. The number of aromatic nitrogens is 2. The Bertz CT molecular complexity index is 1330. The number of hydrogen-bond acceptors (Lipinski definition) is 6. The van der Waals surface area contributed by atoms with Crippen LogP contribution in [0.2, 0.25) is 0 Å². The van der Waals surface area contributed by atoms with E-state index in [1.165, 1.54) is 48.5 Å². The molecule has 12 heteroatoms. The third kappa shape index (κ3) is 7.43. The molecule has 10 nitrogen and oxygen atoms in total. The van der Waals surface area contributed by atoms with E-state index < -0.39 is 9.85 Å². The molecule has 2 aromatic carbocycles. The van der Waals surface area contributed by atoms with Crippen molar-refractivity contribution in [3.63, 3.8) is 0 Å². The van der Waals surface area contributed by atoms with Gasteiger partial charge < -0.3 is 34.0 Å². The largest absolute Gasteiger partial charge is 1.00 e. The summed E-state index contributed by atoms with van der Waals surface area (Å²) in [6.45, 7) is 0.190. The number of non-ortho nitro benzene ring substituents is 2. The van der Waals surface area contributed by atoms with Gasteiger partial charge >= 0.3 is 0 Å². The summed E-state index contributed by atoms with van der Waals surface area (Å²) in [7, 11) is 0. The highest BCUT2D eigenvalue weighted by molar-refractivity contribution is 5.95. The quantitative estimate of drug-likeness (QED) is 0.0860. The van der Waals surface area contributed by atoms with Crippen LogP contribution in [-0.2, 0) is 13.1 Å². The van der Waals surface area contributed by atoms with E-state index in [4.69, 9.17) is 0 Å². The second-order valence-corrected chi connectivity index (χ2v) is 7.97. The highest BCUT2D eigenvalue weighted by atomic mass is 79.9. The Balaban J connectivity index is 0.00000253. The lowest BCUT2D eigenvalue weighted by atomic mass is 10.1. The van der Waals surface area contributed by atoms with Crippen molar-refractivity contribution < 1.29 is 62.5 Å². The van der Waals surface area contributed by atoms with Gasteiger partial charge in [-0.2, -0.15) is 9.13 Å². The molecule has 0 saturated carbocycles. The van der Waals surface area contributed by atoms with Gasteiger partial charge in [-0.3, -0.25) is 29.8 Å². The van der Waals surface area contributed by atoms with Crippen LogP contribution in [0.1, 0.15) is 20.7 Å². The Hall–Kier alpha value is -4.16. The maximum atomic E-state index is 12.5. The molecule has 2 heterocycles. The molecule has 0 aliphatic carbocycles. The lowest BCUT2D eigenvalue weighted by molar-refractivity contribution is -0.683. The van der Waals surface area contributed by atoms with Gasteiger partial charge in [0.05, 0.1) is 9.85 Å². The van der Waals surface area contributed by atoms with Crippen molar-refractivity contribution in [3.05, 3.63) is 129 Å². The highest BCUT2D eigenvalue weighted by Gasteiger charge is 2.16. The van der Waals surface area contributed by atoms with E-state index in [0.29, 0.717) is 11.1 Å². The van der Waals surface area contributed by atoms with Crippen molar-refractivity contribution in [2.45, 2.75) is 13.1 Å². The number of ketones is 2. The summed E-state index contributed by atoms with van der Waals surface area (Å²) < 4.78 is 3.44. The maximum Gasteiger partial charge on any atom is 0.269 e. The van der Waals surface area contributed by atoms with E-state index >= 15 is 0 Å². The number of pyridine rings is 2. The molecule has 0 bridgehead atoms. The average molecular weight is 644 g/mol.